The Kier molecular flexibility index (Phi) is 2.79. The van der Waals surface area contributed by atoms with Crippen LogP contribution in [0.3, 0.4) is 0 Å². The van der Waals surface area contributed by atoms with Crippen LogP contribution >= 0.6 is 0 Å². The number of hydrogen-bond acceptors (Lipinski definition) is 3. The number of nitrogens with zero attached hydrogens (tertiary/aromatic N) is 4. The van der Waals surface area contributed by atoms with Gasteiger partial charge >= 0.3 is 0 Å². The lowest BCUT2D eigenvalue weighted by Gasteiger charge is -2.00. The number of aryl methyl sites for hydroxylation is 1. The minimum absolute atomic E-state index is 0.263. The number of halogens is 1. The number of hydrogen-bond donors (Lipinski definition) is 0. The SMILES string of the molecule is Cc1cc(-n2cc(-c3ccccc3F)cn2)ncn1. The summed E-state index contributed by atoms with van der Waals surface area (Å²) in [6, 6.07) is 8.43. The molecule has 3 rings (SSSR count). The third kappa shape index (κ3) is 2.22. The third-order valence-electron chi connectivity index (χ3n) is 2.79. The van der Waals surface area contributed by atoms with Gasteiger partial charge in [-0.25, -0.2) is 19.0 Å². The average Bonchev–Trinajstić information content (AvgIpc) is 2.89. The standard InChI is InChI=1S/C14H11FN4/c1-10-6-14(17-9-16-10)19-8-11(7-18-19)12-4-2-3-5-13(12)15/h2-9H,1H3. The molecule has 0 bridgehead atoms. The van der Waals surface area contributed by atoms with Crippen molar-refractivity contribution < 1.29 is 4.39 Å². The fourth-order valence-corrected chi connectivity index (χ4v) is 1.85. The lowest BCUT2D eigenvalue weighted by molar-refractivity contribution is 0.631. The zero-order valence-corrected chi connectivity index (χ0v) is 10.3. The number of rotatable bonds is 2. The highest BCUT2D eigenvalue weighted by Gasteiger charge is 2.08. The van der Waals surface area contributed by atoms with Crippen molar-refractivity contribution in [3.05, 3.63) is 60.6 Å². The highest BCUT2D eigenvalue weighted by molar-refractivity contribution is 5.62. The van der Waals surface area contributed by atoms with Gasteiger partial charge in [-0.15, -0.1) is 0 Å². The predicted molar refractivity (Wildman–Crippen MR) is 69.3 cm³/mol. The minimum Gasteiger partial charge on any atom is -0.242 e. The van der Waals surface area contributed by atoms with Gasteiger partial charge < -0.3 is 0 Å². The van der Waals surface area contributed by atoms with Crippen molar-refractivity contribution in [2.45, 2.75) is 6.92 Å². The van der Waals surface area contributed by atoms with Gasteiger partial charge in [-0.05, 0) is 13.0 Å². The Morgan fingerprint density at radius 1 is 1.16 bits per heavy atom. The lowest BCUT2D eigenvalue weighted by Crippen LogP contribution is -1.98. The molecule has 0 saturated heterocycles. The van der Waals surface area contributed by atoms with Crippen molar-refractivity contribution in [2.24, 2.45) is 0 Å². The molecule has 0 radical (unpaired) electrons. The smallest absolute Gasteiger partial charge is 0.156 e. The molecule has 0 aliphatic rings. The van der Waals surface area contributed by atoms with Gasteiger partial charge in [0, 0.05) is 29.1 Å². The second kappa shape index (κ2) is 4.61. The van der Waals surface area contributed by atoms with E-state index >= 15 is 0 Å². The van der Waals surface area contributed by atoms with Gasteiger partial charge in [0.2, 0.25) is 0 Å². The molecule has 0 N–H and O–H groups in total. The van der Waals surface area contributed by atoms with Gasteiger partial charge in [0.25, 0.3) is 0 Å². The zero-order chi connectivity index (χ0) is 13.2. The molecule has 0 atom stereocenters. The first kappa shape index (κ1) is 11.5. The summed E-state index contributed by atoms with van der Waals surface area (Å²) in [6.07, 6.45) is 4.85. The summed E-state index contributed by atoms with van der Waals surface area (Å²) in [5, 5.41) is 4.20. The molecule has 5 heteroatoms. The normalized spacial score (nSPS) is 10.6. The zero-order valence-electron chi connectivity index (χ0n) is 10.3. The molecule has 0 unspecified atom stereocenters. The number of benzene rings is 1. The van der Waals surface area contributed by atoms with Crippen LogP contribution in [0.2, 0.25) is 0 Å². The van der Waals surface area contributed by atoms with Gasteiger partial charge in [-0.3, -0.25) is 0 Å². The van der Waals surface area contributed by atoms with Crippen LogP contribution in [-0.2, 0) is 0 Å². The van der Waals surface area contributed by atoms with Gasteiger partial charge in [0.15, 0.2) is 5.82 Å². The first-order valence-corrected chi connectivity index (χ1v) is 5.82. The van der Waals surface area contributed by atoms with Crippen molar-refractivity contribution in [3.8, 4) is 16.9 Å². The van der Waals surface area contributed by atoms with Crippen LogP contribution in [0.25, 0.3) is 16.9 Å². The Labute approximate surface area is 109 Å². The first-order valence-electron chi connectivity index (χ1n) is 5.82. The Bertz CT molecular complexity index is 721. The molecule has 0 aliphatic heterocycles. The maximum Gasteiger partial charge on any atom is 0.156 e. The molecule has 2 aromatic heterocycles. The Balaban J connectivity index is 2.03. The molecule has 19 heavy (non-hydrogen) atoms. The molecule has 3 aromatic rings. The van der Waals surface area contributed by atoms with Crippen molar-refractivity contribution in [1.82, 2.24) is 19.7 Å². The van der Waals surface area contributed by atoms with E-state index in [1.165, 1.54) is 12.4 Å². The van der Waals surface area contributed by atoms with Gasteiger partial charge in [-0.1, -0.05) is 18.2 Å². The summed E-state index contributed by atoms with van der Waals surface area (Å²) in [6.45, 7) is 1.88. The van der Waals surface area contributed by atoms with Crippen LogP contribution in [0, 0.1) is 12.7 Å². The highest BCUT2D eigenvalue weighted by Crippen LogP contribution is 2.22. The molecule has 0 spiro atoms. The summed E-state index contributed by atoms with van der Waals surface area (Å²) in [5.74, 6) is 0.399. The van der Waals surface area contributed by atoms with Crippen LogP contribution in [-0.4, -0.2) is 19.7 Å². The van der Waals surface area contributed by atoms with Crippen molar-refractivity contribution >= 4 is 0 Å². The van der Waals surface area contributed by atoms with Crippen LogP contribution in [0.15, 0.2) is 49.1 Å². The van der Waals surface area contributed by atoms with Gasteiger partial charge in [-0.2, -0.15) is 5.10 Å². The van der Waals surface area contributed by atoms with Gasteiger partial charge in [0.1, 0.15) is 12.1 Å². The lowest BCUT2D eigenvalue weighted by atomic mass is 10.1. The largest absolute Gasteiger partial charge is 0.242 e. The van der Waals surface area contributed by atoms with Gasteiger partial charge in [0.05, 0.1) is 6.20 Å². The quantitative estimate of drug-likeness (QED) is 0.706. The summed E-state index contributed by atoms with van der Waals surface area (Å²) in [5.41, 5.74) is 2.10. The molecular formula is C14H11FN4. The fourth-order valence-electron chi connectivity index (χ4n) is 1.85. The van der Waals surface area contributed by atoms with Crippen LogP contribution in [0.4, 0.5) is 4.39 Å². The second-order valence-electron chi connectivity index (χ2n) is 4.17. The molecule has 0 fully saturated rings. The van der Waals surface area contributed by atoms with Crippen LogP contribution in [0.1, 0.15) is 5.69 Å². The summed E-state index contributed by atoms with van der Waals surface area (Å²) >= 11 is 0. The number of aromatic nitrogens is 4. The van der Waals surface area contributed by atoms with E-state index in [0.717, 1.165) is 11.3 Å². The summed E-state index contributed by atoms with van der Waals surface area (Å²) < 4.78 is 15.3. The molecule has 94 valence electrons. The molecule has 2 heterocycles. The maximum absolute atomic E-state index is 13.7. The van der Waals surface area contributed by atoms with E-state index in [1.54, 1.807) is 35.3 Å². The fraction of sp³-hybridized carbons (Fsp3) is 0.0714. The van der Waals surface area contributed by atoms with Crippen molar-refractivity contribution in [3.63, 3.8) is 0 Å². The van der Waals surface area contributed by atoms with E-state index in [0.29, 0.717) is 11.4 Å². The van der Waals surface area contributed by atoms with E-state index < -0.39 is 0 Å². The van der Waals surface area contributed by atoms with Crippen molar-refractivity contribution in [2.75, 3.05) is 0 Å². The van der Waals surface area contributed by atoms with Crippen LogP contribution < -0.4 is 0 Å². The second-order valence-corrected chi connectivity index (χ2v) is 4.17. The van der Waals surface area contributed by atoms with E-state index in [1.807, 2.05) is 13.0 Å². The first-order chi connectivity index (χ1) is 9.24. The Hall–Kier alpha value is -2.56. The van der Waals surface area contributed by atoms with E-state index in [-0.39, 0.29) is 5.82 Å². The maximum atomic E-state index is 13.7. The molecule has 0 amide bonds. The predicted octanol–water partition coefficient (Wildman–Crippen LogP) is 2.78. The topological polar surface area (TPSA) is 43.6 Å². The average molecular weight is 254 g/mol. The summed E-state index contributed by atoms with van der Waals surface area (Å²) in [4.78, 5) is 8.17. The Morgan fingerprint density at radius 2 is 2.00 bits per heavy atom. The Morgan fingerprint density at radius 3 is 2.79 bits per heavy atom. The highest BCUT2D eigenvalue weighted by atomic mass is 19.1. The molecule has 1 aromatic carbocycles. The minimum atomic E-state index is -0.263. The molecule has 4 nitrogen and oxygen atoms in total. The summed E-state index contributed by atoms with van der Waals surface area (Å²) in [7, 11) is 0. The van der Waals surface area contributed by atoms with E-state index in [9.17, 15) is 4.39 Å². The van der Waals surface area contributed by atoms with E-state index in [4.69, 9.17) is 0 Å². The molecule has 0 saturated carbocycles. The molecule has 0 aliphatic carbocycles. The van der Waals surface area contributed by atoms with E-state index in [2.05, 4.69) is 15.1 Å². The molecular weight excluding hydrogens is 243 g/mol. The van der Waals surface area contributed by atoms with Crippen LogP contribution in [0.5, 0.6) is 0 Å². The van der Waals surface area contributed by atoms with Crippen molar-refractivity contribution in [1.29, 1.82) is 0 Å². The monoisotopic (exact) mass is 254 g/mol. The third-order valence-corrected chi connectivity index (χ3v) is 2.79.